The van der Waals surface area contributed by atoms with Gasteiger partial charge in [-0.2, -0.15) is 0 Å². The molecule has 1 N–H and O–H groups in total. The van der Waals surface area contributed by atoms with Gasteiger partial charge in [-0.05, 0) is 36.6 Å². The summed E-state index contributed by atoms with van der Waals surface area (Å²) in [7, 11) is 0. The van der Waals surface area contributed by atoms with E-state index in [1.54, 1.807) is 17.0 Å². The van der Waals surface area contributed by atoms with Gasteiger partial charge in [0.05, 0.1) is 0 Å². The van der Waals surface area contributed by atoms with E-state index in [1.165, 1.54) is 5.56 Å². The van der Waals surface area contributed by atoms with Crippen LogP contribution in [0, 0.1) is 0 Å². The van der Waals surface area contributed by atoms with Gasteiger partial charge in [-0.25, -0.2) is 0 Å². The van der Waals surface area contributed by atoms with Gasteiger partial charge >= 0.3 is 0 Å². The quantitative estimate of drug-likeness (QED) is 0.939. The Labute approximate surface area is 140 Å². The number of benzene rings is 2. The second kappa shape index (κ2) is 6.00. The van der Waals surface area contributed by atoms with E-state index in [2.05, 4.69) is 11.4 Å². The number of anilines is 1. The third kappa shape index (κ3) is 2.52. The topological polar surface area (TPSA) is 58.6 Å². The highest BCUT2D eigenvalue weighted by molar-refractivity contribution is 5.98. The highest BCUT2D eigenvalue weighted by Gasteiger charge is 2.25. The SMILES string of the molecule is O=C1NCCc2c(OCC(=O)N3CCc4ccccc43)cccc21. The summed E-state index contributed by atoms with van der Waals surface area (Å²) < 4.78 is 5.77. The lowest BCUT2D eigenvalue weighted by Gasteiger charge is -2.21. The van der Waals surface area contributed by atoms with Crippen LogP contribution in [0.3, 0.4) is 0 Å². The van der Waals surface area contributed by atoms with Gasteiger partial charge < -0.3 is 15.0 Å². The number of hydrogen-bond donors (Lipinski definition) is 1. The second-order valence-corrected chi connectivity index (χ2v) is 6.00. The minimum atomic E-state index is -0.0819. The van der Waals surface area contributed by atoms with Crippen LogP contribution in [-0.2, 0) is 17.6 Å². The summed E-state index contributed by atoms with van der Waals surface area (Å²) in [5.74, 6) is 0.488. The number of carbonyl (C=O) groups is 2. The van der Waals surface area contributed by atoms with Crippen LogP contribution in [-0.4, -0.2) is 31.5 Å². The van der Waals surface area contributed by atoms with Crippen LogP contribution in [0.2, 0.25) is 0 Å². The van der Waals surface area contributed by atoms with E-state index < -0.39 is 0 Å². The van der Waals surface area contributed by atoms with E-state index in [1.807, 2.05) is 24.3 Å². The van der Waals surface area contributed by atoms with Crippen molar-refractivity contribution in [3.05, 3.63) is 59.2 Å². The molecule has 24 heavy (non-hydrogen) atoms. The first-order valence-corrected chi connectivity index (χ1v) is 8.15. The smallest absolute Gasteiger partial charge is 0.264 e. The van der Waals surface area contributed by atoms with Gasteiger partial charge in [-0.3, -0.25) is 9.59 Å². The van der Waals surface area contributed by atoms with Crippen LogP contribution in [0.15, 0.2) is 42.5 Å². The zero-order valence-electron chi connectivity index (χ0n) is 13.2. The molecule has 0 aliphatic carbocycles. The molecule has 5 heteroatoms. The zero-order valence-corrected chi connectivity index (χ0v) is 13.2. The predicted molar refractivity (Wildman–Crippen MR) is 90.5 cm³/mol. The van der Waals surface area contributed by atoms with Crippen molar-refractivity contribution in [2.75, 3.05) is 24.6 Å². The normalized spacial score (nSPS) is 15.5. The van der Waals surface area contributed by atoms with E-state index in [9.17, 15) is 9.59 Å². The molecule has 122 valence electrons. The van der Waals surface area contributed by atoms with E-state index in [0.717, 1.165) is 24.1 Å². The monoisotopic (exact) mass is 322 g/mol. The average Bonchev–Trinajstić information content (AvgIpc) is 3.04. The predicted octanol–water partition coefficient (Wildman–Crippen LogP) is 1.94. The molecule has 0 spiro atoms. The fourth-order valence-electron chi connectivity index (χ4n) is 3.38. The molecule has 0 saturated heterocycles. The summed E-state index contributed by atoms with van der Waals surface area (Å²) in [6.45, 7) is 1.27. The molecular weight excluding hydrogens is 304 g/mol. The number of para-hydroxylation sites is 1. The summed E-state index contributed by atoms with van der Waals surface area (Å²) >= 11 is 0. The molecule has 2 amide bonds. The Morgan fingerprint density at radius 2 is 2.00 bits per heavy atom. The summed E-state index contributed by atoms with van der Waals surface area (Å²) in [6, 6.07) is 13.3. The Kier molecular flexibility index (Phi) is 3.69. The number of amides is 2. The summed E-state index contributed by atoms with van der Waals surface area (Å²) in [5.41, 5.74) is 3.69. The van der Waals surface area contributed by atoms with Crippen LogP contribution in [0.4, 0.5) is 5.69 Å². The molecule has 2 heterocycles. The van der Waals surface area contributed by atoms with Gasteiger partial charge in [-0.1, -0.05) is 24.3 Å². The summed E-state index contributed by atoms with van der Waals surface area (Å²) in [4.78, 5) is 26.2. The van der Waals surface area contributed by atoms with Crippen LogP contribution in [0.5, 0.6) is 5.75 Å². The van der Waals surface area contributed by atoms with Crippen molar-refractivity contribution in [2.45, 2.75) is 12.8 Å². The number of rotatable bonds is 3. The van der Waals surface area contributed by atoms with Gasteiger partial charge in [0, 0.05) is 29.9 Å². The highest BCUT2D eigenvalue weighted by Crippen LogP contribution is 2.28. The molecule has 2 aromatic rings. The van der Waals surface area contributed by atoms with Gasteiger partial charge in [0.25, 0.3) is 11.8 Å². The standard InChI is InChI=1S/C19H18N2O3/c22-18(21-11-9-13-4-1-2-6-16(13)21)12-24-17-7-3-5-15-14(17)8-10-20-19(15)23/h1-7H,8-12H2,(H,20,23). The minimum absolute atomic E-state index is 0.0214. The van der Waals surface area contributed by atoms with Crippen LogP contribution >= 0.6 is 0 Å². The Hall–Kier alpha value is -2.82. The third-order valence-electron chi connectivity index (χ3n) is 4.58. The number of ether oxygens (including phenoxy) is 1. The molecule has 0 bridgehead atoms. The van der Waals surface area contributed by atoms with Crippen molar-refractivity contribution in [3.63, 3.8) is 0 Å². The van der Waals surface area contributed by atoms with Crippen LogP contribution < -0.4 is 15.0 Å². The Morgan fingerprint density at radius 3 is 2.92 bits per heavy atom. The number of nitrogens with one attached hydrogen (secondary N) is 1. The first kappa shape index (κ1) is 14.8. The van der Waals surface area contributed by atoms with Crippen molar-refractivity contribution in [3.8, 4) is 5.75 Å². The zero-order chi connectivity index (χ0) is 16.5. The summed E-state index contributed by atoms with van der Waals surface area (Å²) in [5, 5.41) is 2.82. The van der Waals surface area contributed by atoms with Gasteiger partial charge in [0.15, 0.2) is 6.61 Å². The third-order valence-corrected chi connectivity index (χ3v) is 4.58. The first-order chi connectivity index (χ1) is 11.7. The Bertz CT molecular complexity index is 816. The molecule has 0 atom stereocenters. The van der Waals surface area contributed by atoms with Gasteiger partial charge in [-0.15, -0.1) is 0 Å². The Morgan fingerprint density at radius 1 is 1.12 bits per heavy atom. The highest BCUT2D eigenvalue weighted by atomic mass is 16.5. The molecule has 0 fully saturated rings. The lowest BCUT2D eigenvalue weighted by Crippen LogP contribution is -2.34. The van der Waals surface area contributed by atoms with Gasteiger partial charge in [0.2, 0.25) is 0 Å². The largest absolute Gasteiger partial charge is 0.483 e. The molecular formula is C19H18N2O3. The molecule has 0 radical (unpaired) electrons. The van der Waals surface area contributed by atoms with Crippen molar-refractivity contribution >= 4 is 17.5 Å². The van der Waals surface area contributed by atoms with E-state index in [4.69, 9.17) is 4.74 Å². The number of hydrogen-bond acceptors (Lipinski definition) is 3. The number of nitrogens with zero attached hydrogens (tertiary/aromatic N) is 1. The fraction of sp³-hybridized carbons (Fsp3) is 0.263. The lowest BCUT2D eigenvalue weighted by atomic mass is 9.99. The van der Waals surface area contributed by atoms with Crippen molar-refractivity contribution in [1.29, 1.82) is 0 Å². The lowest BCUT2D eigenvalue weighted by molar-refractivity contribution is -0.120. The molecule has 2 aliphatic rings. The average molecular weight is 322 g/mol. The molecule has 2 aliphatic heterocycles. The molecule has 2 aromatic carbocycles. The van der Waals surface area contributed by atoms with Crippen LogP contribution in [0.25, 0.3) is 0 Å². The molecule has 0 saturated carbocycles. The van der Waals surface area contributed by atoms with Crippen molar-refractivity contribution in [2.24, 2.45) is 0 Å². The van der Waals surface area contributed by atoms with Crippen molar-refractivity contribution < 1.29 is 14.3 Å². The summed E-state index contributed by atoms with van der Waals surface area (Å²) in [6.07, 6.45) is 1.60. The fourth-order valence-corrected chi connectivity index (χ4v) is 3.38. The second-order valence-electron chi connectivity index (χ2n) is 6.00. The number of carbonyl (C=O) groups excluding carboxylic acids is 2. The molecule has 0 aromatic heterocycles. The Balaban J connectivity index is 1.49. The van der Waals surface area contributed by atoms with Gasteiger partial charge in [0.1, 0.15) is 5.75 Å². The maximum Gasteiger partial charge on any atom is 0.264 e. The first-order valence-electron chi connectivity index (χ1n) is 8.15. The minimum Gasteiger partial charge on any atom is -0.483 e. The maximum atomic E-state index is 12.5. The number of fused-ring (bicyclic) bond motifs is 2. The molecule has 4 rings (SSSR count). The maximum absolute atomic E-state index is 12.5. The molecule has 5 nitrogen and oxygen atoms in total. The van der Waals surface area contributed by atoms with Crippen LogP contribution in [0.1, 0.15) is 21.5 Å². The van der Waals surface area contributed by atoms with Crippen molar-refractivity contribution in [1.82, 2.24) is 5.32 Å². The van der Waals surface area contributed by atoms with E-state index in [-0.39, 0.29) is 18.4 Å². The van der Waals surface area contributed by atoms with E-state index >= 15 is 0 Å². The van der Waals surface area contributed by atoms with E-state index in [0.29, 0.717) is 24.4 Å². The molecule has 0 unspecified atom stereocenters.